The molecule has 2 rings (SSSR count). The summed E-state index contributed by atoms with van der Waals surface area (Å²) in [7, 11) is -2.71. The molecule has 0 aliphatic heterocycles. The van der Waals surface area contributed by atoms with Crippen molar-refractivity contribution in [2.45, 2.75) is 18.7 Å². The highest BCUT2D eigenvalue weighted by Gasteiger charge is 2.19. The van der Waals surface area contributed by atoms with Crippen LogP contribution in [0.1, 0.15) is 24.2 Å². The van der Waals surface area contributed by atoms with E-state index < -0.39 is 16.0 Å². The van der Waals surface area contributed by atoms with Crippen LogP contribution in [0.3, 0.4) is 0 Å². The molecular formula is C19H23N3O5S. The topological polar surface area (TPSA) is 114 Å². The van der Waals surface area contributed by atoms with E-state index in [0.717, 1.165) is 0 Å². The van der Waals surface area contributed by atoms with E-state index in [0.29, 0.717) is 18.2 Å². The van der Waals surface area contributed by atoms with Gasteiger partial charge in [-0.3, -0.25) is 4.72 Å². The lowest BCUT2D eigenvalue weighted by atomic mass is 10.2. The summed E-state index contributed by atoms with van der Waals surface area (Å²) in [5.41, 5.74) is 0.675. The molecule has 0 aliphatic carbocycles. The number of anilines is 2. The first-order valence-electron chi connectivity index (χ1n) is 8.58. The Morgan fingerprint density at radius 2 is 1.68 bits per heavy atom. The van der Waals surface area contributed by atoms with E-state index >= 15 is 0 Å². The number of urea groups is 1. The molecule has 8 nitrogen and oxygen atoms in total. The zero-order valence-electron chi connectivity index (χ0n) is 15.9. The minimum atomic E-state index is -3.93. The maximum atomic E-state index is 12.6. The van der Waals surface area contributed by atoms with Gasteiger partial charge in [-0.15, -0.1) is 0 Å². The van der Waals surface area contributed by atoms with Crippen LogP contribution in [-0.2, 0) is 14.8 Å². The van der Waals surface area contributed by atoms with Gasteiger partial charge in [-0.1, -0.05) is 26.0 Å². The molecule has 0 unspecified atom stereocenters. The Labute approximate surface area is 164 Å². The second-order valence-electron chi connectivity index (χ2n) is 6.40. The van der Waals surface area contributed by atoms with Gasteiger partial charge in [0, 0.05) is 12.2 Å². The Hall–Kier alpha value is -3.07. The Morgan fingerprint density at radius 3 is 2.29 bits per heavy atom. The number of amides is 2. The van der Waals surface area contributed by atoms with Gasteiger partial charge in [-0.2, -0.15) is 0 Å². The number of benzene rings is 2. The first-order chi connectivity index (χ1) is 13.2. The average molecular weight is 405 g/mol. The third kappa shape index (κ3) is 5.71. The molecule has 0 atom stereocenters. The van der Waals surface area contributed by atoms with Crippen molar-refractivity contribution >= 4 is 33.4 Å². The third-order valence-electron chi connectivity index (χ3n) is 3.67. The van der Waals surface area contributed by atoms with E-state index in [2.05, 4.69) is 20.1 Å². The Balaban J connectivity index is 2.13. The molecule has 28 heavy (non-hydrogen) atoms. The lowest BCUT2D eigenvalue weighted by Crippen LogP contribution is -2.31. The first-order valence-corrected chi connectivity index (χ1v) is 10.1. The number of nitrogens with one attached hydrogen (secondary N) is 3. The molecule has 0 heterocycles. The van der Waals surface area contributed by atoms with Crippen LogP contribution in [-0.4, -0.2) is 34.1 Å². The van der Waals surface area contributed by atoms with Gasteiger partial charge >= 0.3 is 12.0 Å². The van der Waals surface area contributed by atoms with Crippen LogP contribution in [0.25, 0.3) is 0 Å². The van der Waals surface area contributed by atoms with Crippen molar-refractivity contribution in [2.75, 3.05) is 23.7 Å². The summed E-state index contributed by atoms with van der Waals surface area (Å²) < 4.78 is 32.3. The van der Waals surface area contributed by atoms with E-state index in [1.54, 1.807) is 12.1 Å². The third-order valence-corrected chi connectivity index (χ3v) is 5.05. The van der Waals surface area contributed by atoms with Crippen molar-refractivity contribution < 1.29 is 22.7 Å². The van der Waals surface area contributed by atoms with Gasteiger partial charge in [0.15, 0.2) is 0 Å². The number of carbonyl (C=O) groups is 2. The van der Waals surface area contributed by atoms with E-state index in [4.69, 9.17) is 0 Å². The van der Waals surface area contributed by atoms with Crippen molar-refractivity contribution in [3.05, 3.63) is 54.1 Å². The average Bonchev–Trinajstić information content (AvgIpc) is 2.66. The number of carbonyl (C=O) groups excluding carboxylic acids is 2. The standard InChI is InChI=1S/C19H23N3O5S/c1-13(2)12-20-19(24)21-14-8-10-15(11-9-14)28(25,26)22-17-7-5-4-6-16(17)18(23)27-3/h4-11,13,22H,12H2,1-3H3,(H2,20,21,24). The molecule has 3 N–H and O–H groups in total. The molecule has 2 aromatic rings. The number of ether oxygens (including phenoxy) is 1. The quantitative estimate of drug-likeness (QED) is 0.613. The zero-order valence-corrected chi connectivity index (χ0v) is 16.7. The van der Waals surface area contributed by atoms with Crippen molar-refractivity contribution in [3.63, 3.8) is 0 Å². The van der Waals surface area contributed by atoms with Gasteiger partial charge in [0.25, 0.3) is 10.0 Å². The number of sulfonamides is 1. The normalized spacial score (nSPS) is 11.0. The molecular weight excluding hydrogens is 382 g/mol. The summed E-state index contributed by atoms with van der Waals surface area (Å²) in [6.45, 7) is 4.48. The number of hydrogen-bond acceptors (Lipinski definition) is 5. The minimum absolute atomic E-state index is 0.0136. The molecule has 150 valence electrons. The smallest absolute Gasteiger partial charge is 0.339 e. The summed E-state index contributed by atoms with van der Waals surface area (Å²) in [4.78, 5) is 23.6. The summed E-state index contributed by atoms with van der Waals surface area (Å²) in [5, 5.41) is 5.34. The van der Waals surface area contributed by atoms with E-state index in [1.807, 2.05) is 13.8 Å². The van der Waals surface area contributed by atoms with Crippen molar-refractivity contribution in [1.29, 1.82) is 0 Å². The number of esters is 1. The fourth-order valence-corrected chi connectivity index (χ4v) is 3.33. The van der Waals surface area contributed by atoms with Gasteiger partial charge in [0.1, 0.15) is 0 Å². The summed E-state index contributed by atoms with van der Waals surface area (Å²) >= 11 is 0. The Morgan fingerprint density at radius 1 is 1.04 bits per heavy atom. The fraction of sp³-hybridized carbons (Fsp3) is 0.263. The second-order valence-corrected chi connectivity index (χ2v) is 8.08. The van der Waals surface area contributed by atoms with Gasteiger partial charge in [-0.25, -0.2) is 18.0 Å². The zero-order chi connectivity index (χ0) is 20.7. The van der Waals surface area contributed by atoms with Crippen LogP contribution in [0.2, 0.25) is 0 Å². The summed E-state index contributed by atoms with van der Waals surface area (Å²) in [6, 6.07) is 11.5. The molecule has 0 aromatic heterocycles. The summed E-state index contributed by atoms with van der Waals surface area (Å²) in [5.74, 6) is -0.331. The Kier molecular flexibility index (Phi) is 7.00. The molecule has 0 fully saturated rings. The molecule has 9 heteroatoms. The SMILES string of the molecule is COC(=O)c1ccccc1NS(=O)(=O)c1ccc(NC(=O)NCC(C)C)cc1. The molecule has 0 spiro atoms. The molecule has 0 saturated carbocycles. The van der Waals surface area contributed by atoms with Crippen molar-refractivity contribution in [3.8, 4) is 0 Å². The number of hydrogen-bond donors (Lipinski definition) is 3. The highest BCUT2D eigenvalue weighted by Crippen LogP contribution is 2.22. The van der Waals surface area contributed by atoms with Crippen molar-refractivity contribution in [2.24, 2.45) is 5.92 Å². The van der Waals surface area contributed by atoms with Gasteiger partial charge in [-0.05, 0) is 42.3 Å². The van der Waals surface area contributed by atoms with E-state index in [9.17, 15) is 18.0 Å². The molecule has 2 aromatic carbocycles. The lowest BCUT2D eigenvalue weighted by Gasteiger charge is -2.12. The molecule has 0 radical (unpaired) electrons. The predicted octanol–water partition coefficient (Wildman–Crippen LogP) is 3.05. The Bertz CT molecular complexity index is 940. The monoisotopic (exact) mass is 405 g/mol. The number of rotatable bonds is 7. The van der Waals surface area contributed by atoms with Crippen LogP contribution in [0, 0.1) is 5.92 Å². The molecule has 0 saturated heterocycles. The highest BCUT2D eigenvalue weighted by atomic mass is 32.2. The van der Waals surface area contributed by atoms with Crippen LogP contribution >= 0.6 is 0 Å². The van der Waals surface area contributed by atoms with E-state index in [1.165, 1.54) is 43.5 Å². The van der Waals surface area contributed by atoms with E-state index in [-0.39, 0.29) is 22.2 Å². The van der Waals surface area contributed by atoms with Gasteiger partial charge in [0.2, 0.25) is 0 Å². The van der Waals surface area contributed by atoms with Crippen molar-refractivity contribution in [1.82, 2.24) is 5.32 Å². The van der Waals surface area contributed by atoms with Crippen LogP contribution < -0.4 is 15.4 Å². The molecule has 2 amide bonds. The second kappa shape index (κ2) is 9.23. The maximum Gasteiger partial charge on any atom is 0.339 e. The van der Waals surface area contributed by atoms with Crippen LogP contribution in [0.15, 0.2) is 53.4 Å². The van der Waals surface area contributed by atoms with Crippen LogP contribution in [0.4, 0.5) is 16.2 Å². The van der Waals surface area contributed by atoms with Crippen LogP contribution in [0.5, 0.6) is 0 Å². The van der Waals surface area contributed by atoms with Gasteiger partial charge < -0.3 is 15.4 Å². The number of methoxy groups -OCH3 is 1. The summed E-state index contributed by atoms with van der Waals surface area (Å²) in [6.07, 6.45) is 0. The fourth-order valence-electron chi connectivity index (χ4n) is 2.25. The predicted molar refractivity (Wildman–Crippen MR) is 107 cm³/mol. The first kappa shape index (κ1) is 21.2. The maximum absolute atomic E-state index is 12.6. The lowest BCUT2D eigenvalue weighted by molar-refractivity contribution is 0.0602. The molecule has 0 aliphatic rings. The largest absolute Gasteiger partial charge is 0.465 e. The highest BCUT2D eigenvalue weighted by molar-refractivity contribution is 7.92. The number of para-hydroxylation sites is 1. The molecule has 0 bridgehead atoms. The van der Waals surface area contributed by atoms with Gasteiger partial charge in [0.05, 0.1) is 23.3 Å². The minimum Gasteiger partial charge on any atom is -0.465 e.